The zero-order chi connectivity index (χ0) is 8.39. The Balaban J connectivity index is 2.49. The van der Waals surface area contributed by atoms with Crippen molar-refractivity contribution >= 4 is 11.8 Å². The van der Waals surface area contributed by atoms with Gasteiger partial charge < -0.3 is 5.32 Å². The van der Waals surface area contributed by atoms with Crippen molar-refractivity contribution in [3.05, 3.63) is 47.9 Å². The van der Waals surface area contributed by atoms with Gasteiger partial charge in [-0.2, -0.15) is 4.39 Å². The molecular formula is C10H8FN. The Morgan fingerprint density at radius 1 is 1.17 bits per heavy atom. The van der Waals surface area contributed by atoms with Gasteiger partial charge in [-0.15, -0.1) is 0 Å². The smallest absolute Gasteiger partial charge is 0.191 e. The van der Waals surface area contributed by atoms with Crippen LogP contribution in [0.25, 0.3) is 6.08 Å². The van der Waals surface area contributed by atoms with E-state index in [2.05, 4.69) is 5.32 Å². The van der Waals surface area contributed by atoms with Gasteiger partial charge in [0.15, 0.2) is 5.95 Å². The summed E-state index contributed by atoms with van der Waals surface area (Å²) in [6, 6.07) is 7.58. The van der Waals surface area contributed by atoms with Gasteiger partial charge in [-0.1, -0.05) is 30.4 Å². The summed E-state index contributed by atoms with van der Waals surface area (Å²) < 4.78 is 12.8. The van der Waals surface area contributed by atoms with Gasteiger partial charge in [0.25, 0.3) is 0 Å². The second-order valence-electron chi connectivity index (χ2n) is 2.59. The van der Waals surface area contributed by atoms with Crippen molar-refractivity contribution in [1.29, 1.82) is 0 Å². The maximum Gasteiger partial charge on any atom is 0.191 e. The Kier molecular flexibility index (Phi) is 1.67. The number of benzene rings is 1. The fourth-order valence-corrected chi connectivity index (χ4v) is 1.16. The van der Waals surface area contributed by atoms with E-state index in [1.807, 2.05) is 30.3 Å². The zero-order valence-corrected chi connectivity index (χ0v) is 6.42. The highest BCUT2D eigenvalue weighted by Gasteiger charge is 2.02. The van der Waals surface area contributed by atoms with Crippen LogP contribution in [-0.2, 0) is 0 Å². The van der Waals surface area contributed by atoms with E-state index in [-0.39, 0.29) is 5.95 Å². The Bertz CT molecular complexity index is 353. The van der Waals surface area contributed by atoms with Crippen LogP contribution < -0.4 is 5.32 Å². The van der Waals surface area contributed by atoms with Crippen molar-refractivity contribution < 1.29 is 4.39 Å². The van der Waals surface area contributed by atoms with Crippen molar-refractivity contribution in [2.45, 2.75) is 0 Å². The summed E-state index contributed by atoms with van der Waals surface area (Å²) in [4.78, 5) is 0. The van der Waals surface area contributed by atoms with E-state index in [1.165, 1.54) is 6.08 Å². The van der Waals surface area contributed by atoms with E-state index in [0.717, 1.165) is 11.3 Å². The number of halogens is 1. The third kappa shape index (κ3) is 1.23. The molecule has 1 aromatic carbocycles. The minimum Gasteiger partial charge on any atom is -0.331 e. The lowest BCUT2D eigenvalue weighted by molar-refractivity contribution is 0.647. The van der Waals surface area contributed by atoms with Gasteiger partial charge in [0, 0.05) is 5.69 Å². The van der Waals surface area contributed by atoms with Gasteiger partial charge in [0.05, 0.1) is 0 Å². The highest BCUT2D eigenvalue weighted by Crippen LogP contribution is 2.21. The Morgan fingerprint density at radius 3 is 2.92 bits per heavy atom. The molecule has 1 heterocycles. The first-order chi connectivity index (χ1) is 5.86. The van der Waals surface area contributed by atoms with Crippen molar-refractivity contribution in [3.63, 3.8) is 0 Å². The molecule has 0 saturated carbocycles. The number of allylic oxidation sites excluding steroid dienone is 2. The zero-order valence-electron chi connectivity index (χ0n) is 6.42. The van der Waals surface area contributed by atoms with Crippen LogP contribution >= 0.6 is 0 Å². The van der Waals surface area contributed by atoms with Gasteiger partial charge >= 0.3 is 0 Å². The van der Waals surface area contributed by atoms with E-state index in [1.54, 1.807) is 6.08 Å². The summed E-state index contributed by atoms with van der Waals surface area (Å²) in [5.74, 6) is -0.323. The maximum absolute atomic E-state index is 12.8. The molecule has 0 amide bonds. The summed E-state index contributed by atoms with van der Waals surface area (Å²) in [6.07, 6.45) is 4.96. The molecule has 1 aliphatic rings. The summed E-state index contributed by atoms with van der Waals surface area (Å²) in [5, 5.41) is 2.65. The second-order valence-corrected chi connectivity index (χ2v) is 2.59. The molecule has 0 saturated heterocycles. The van der Waals surface area contributed by atoms with Crippen LogP contribution in [0.4, 0.5) is 10.1 Å². The van der Waals surface area contributed by atoms with Crippen LogP contribution in [0, 0.1) is 0 Å². The van der Waals surface area contributed by atoms with E-state index in [9.17, 15) is 4.39 Å². The Hall–Kier alpha value is -1.57. The Labute approximate surface area is 70.2 Å². The molecule has 12 heavy (non-hydrogen) atoms. The number of fused-ring (bicyclic) bond motifs is 1. The van der Waals surface area contributed by atoms with Crippen LogP contribution in [0.3, 0.4) is 0 Å². The highest BCUT2D eigenvalue weighted by molar-refractivity contribution is 5.70. The molecule has 1 nitrogen and oxygen atoms in total. The fourth-order valence-electron chi connectivity index (χ4n) is 1.16. The van der Waals surface area contributed by atoms with Crippen LogP contribution in [0.2, 0.25) is 0 Å². The quantitative estimate of drug-likeness (QED) is 0.577. The predicted octanol–water partition coefficient (Wildman–Crippen LogP) is 2.94. The average molecular weight is 161 g/mol. The van der Waals surface area contributed by atoms with E-state index >= 15 is 0 Å². The largest absolute Gasteiger partial charge is 0.331 e. The third-order valence-electron chi connectivity index (χ3n) is 1.73. The third-order valence-corrected chi connectivity index (χ3v) is 1.73. The molecule has 0 bridgehead atoms. The van der Waals surface area contributed by atoms with Gasteiger partial charge in [0.2, 0.25) is 0 Å². The van der Waals surface area contributed by atoms with E-state index in [4.69, 9.17) is 0 Å². The topological polar surface area (TPSA) is 12.0 Å². The minimum absolute atomic E-state index is 0.323. The summed E-state index contributed by atoms with van der Waals surface area (Å²) >= 11 is 0. The molecule has 2 rings (SSSR count). The van der Waals surface area contributed by atoms with Gasteiger partial charge in [-0.3, -0.25) is 0 Å². The highest BCUT2D eigenvalue weighted by atomic mass is 19.1. The molecule has 0 spiro atoms. The van der Waals surface area contributed by atoms with Gasteiger partial charge in [-0.05, 0) is 17.7 Å². The number of anilines is 1. The SMILES string of the molecule is FC1=CC=Cc2ccccc2N1. The van der Waals surface area contributed by atoms with Crippen LogP contribution in [0.15, 0.2) is 42.4 Å². The average Bonchev–Trinajstić information content (AvgIpc) is 2.25. The molecule has 0 aliphatic carbocycles. The molecule has 1 aromatic rings. The molecule has 2 heteroatoms. The van der Waals surface area contributed by atoms with E-state index in [0.29, 0.717) is 0 Å². The first-order valence-corrected chi connectivity index (χ1v) is 3.76. The van der Waals surface area contributed by atoms with Crippen molar-refractivity contribution in [2.75, 3.05) is 5.32 Å². The van der Waals surface area contributed by atoms with Crippen molar-refractivity contribution in [3.8, 4) is 0 Å². The van der Waals surface area contributed by atoms with Gasteiger partial charge in [0.1, 0.15) is 0 Å². The fraction of sp³-hybridized carbons (Fsp3) is 0. The number of hydrogen-bond donors (Lipinski definition) is 1. The summed E-state index contributed by atoms with van der Waals surface area (Å²) in [6.45, 7) is 0. The van der Waals surface area contributed by atoms with Crippen LogP contribution in [0.5, 0.6) is 0 Å². The molecule has 0 atom stereocenters. The molecule has 0 unspecified atom stereocenters. The predicted molar refractivity (Wildman–Crippen MR) is 48.3 cm³/mol. The lowest BCUT2D eigenvalue weighted by Gasteiger charge is -2.04. The number of hydrogen-bond acceptors (Lipinski definition) is 1. The second kappa shape index (κ2) is 2.81. The van der Waals surface area contributed by atoms with Gasteiger partial charge in [-0.25, -0.2) is 0 Å². The summed E-state index contributed by atoms with van der Waals surface area (Å²) in [7, 11) is 0. The maximum atomic E-state index is 12.8. The van der Waals surface area contributed by atoms with Crippen LogP contribution in [0.1, 0.15) is 5.56 Å². The molecule has 0 aromatic heterocycles. The molecule has 60 valence electrons. The number of nitrogens with one attached hydrogen (secondary N) is 1. The van der Waals surface area contributed by atoms with Crippen LogP contribution in [-0.4, -0.2) is 0 Å². The number of para-hydroxylation sites is 1. The number of rotatable bonds is 0. The molecule has 1 N–H and O–H groups in total. The van der Waals surface area contributed by atoms with Crippen molar-refractivity contribution in [1.82, 2.24) is 0 Å². The molecule has 0 radical (unpaired) electrons. The lowest BCUT2D eigenvalue weighted by Crippen LogP contribution is -1.93. The first kappa shape index (κ1) is 7.10. The molecule has 1 aliphatic heterocycles. The van der Waals surface area contributed by atoms with E-state index < -0.39 is 0 Å². The molecular weight excluding hydrogens is 153 g/mol. The monoisotopic (exact) mass is 161 g/mol. The van der Waals surface area contributed by atoms with Crippen molar-refractivity contribution in [2.24, 2.45) is 0 Å². The minimum atomic E-state index is -0.323. The molecule has 0 fully saturated rings. The normalized spacial score (nSPS) is 14.2. The first-order valence-electron chi connectivity index (χ1n) is 3.76. The summed E-state index contributed by atoms with van der Waals surface area (Å²) in [5.41, 5.74) is 1.81. The lowest BCUT2D eigenvalue weighted by atomic mass is 10.2. The Morgan fingerprint density at radius 2 is 2.00 bits per heavy atom. The standard InChI is InChI=1S/C10H8FN/c11-10-7-3-5-8-4-1-2-6-9(8)12-10/h1-7,12H.